The molecule has 0 spiro atoms. The standard InChI is InChI=1S/C19H27N3O5/c1-4-26-19(25)22-11-9-21(10-12-22)18(24)15(3)20-17(23)13-27-16-7-5-14(2)6-8-16/h5-8,15H,4,9-13H2,1-3H3,(H,20,23)/t15-/m0/s1. The molecule has 1 saturated heterocycles. The highest BCUT2D eigenvalue weighted by Crippen LogP contribution is 2.11. The summed E-state index contributed by atoms with van der Waals surface area (Å²) >= 11 is 0. The SMILES string of the molecule is CCOC(=O)N1CCN(C(=O)[C@H](C)NC(=O)COc2ccc(C)cc2)CC1. The zero-order chi connectivity index (χ0) is 19.8. The average Bonchev–Trinajstić information content (AvgIpc) is 2.67. The van der Waals surface area contributed by atoms with Crippen LogP contribution < -0.4 is 10.1 Å². The van der Waals surface area contributed by atoms with E-state index in [1.165, 1.54) is 0 Å². The molecule has 8 heteroatoms. The molecule has 1 atom stereocenters. The van der Waals surface area contributed by atoms with Gasteiger partial charge in [-0.3, -0.25) is 9.59 Å². The second-order valence-electron chi connectivity index (χ2n) is 6.40. The Morgan fingerprint density at radius 2 is 1.67 bits per heavy atom. The minimum atomic E-state index is -0.659. The highest BCUT2D eigenvalue weighted by Gasteiger charge is 2.28. The van der Waals surface area contributed by atoms with Gasteiger partial charge in [0.15, 0.2) is 6.61 Å². The number of carbonyl (C=O) groups is 3. The summed E-state index contributed by atoms with van der Waals surface area (Å²) in [6.07, 6.45) is -0.362. The highest BCUT2D eigenvalue weighted by atomic mass is 16.6. The van der Waals surface area contributed by atoms with Crippen LogP contribution in [-0.2, 0) is 14.3 Å². The van der Waals surface area contributed by atoms with E-state index >= 15 is 0 Å². The summed E-state index contributed by atoms with van der Waals surface area (Å²) in [7, 11) is 0. The highest BCUT2D eigenvalue weighted by molar-refractivity contribution is 5.88. The lowest BCUT2D eigenvalue weighted by Gasteiger charge is -2.35. The first-order chi connectivity index (χ1) is 12.9. The molecule has 1 fully saturated rings. The molecule has 27 heavy (non-hydrogen) atoms. The van der Waals surface area contributed by atoms with Crippen LogP contribution in [0.3, 0.4) is 0 Å². The van der Waals surface area contributed by atoms with Crippen LogP contribution in [-0.4, -0.2) is 73.1 Å². The van der Waals surface area contributed by atoms with Crippen molar-refractivity contribution in [2.24, 2.45) is 0 Å². The number of nitrogens with zero attached hydrogens (tertiary/aromatic N) is 2. The van der Waals surface area contributed by atoms with Crippen LogP contribution in [0.1, 0.15) is 19.4 Å². The third-order valence-corrected chi connectivity index (χ3v) is 4.26. The molecule has 148 valence electrons. The number of rotatable bonds is 6. The fourth-order valence-corrected chi connectivity index (χ4v) is 2.73. The summed E-state index contributed by atoms with van der Waals surface area (Å²) in [6.45, 7) is 7.20. The molecule has 3 amide bonds. The number of aryl methyl sites for hydroxylation is 1. The third-order valence-electron chi connectivity index (χ3n) is 4.26. The molecule has 1 aromatic carbocycles. The molecule has 1 aliphatic rings. The van der Waals surface area contributed by atoms with Gasteiger partial charge in [0, 0.05) is 26.2 Å². The van der Waals surface area contributed by atoms with Crippen molar-refractivity contribution in [3.8, 4) is 5.75 Å². The van der Waals surface area contributed by atoms with Gasteiger partial charge >= 0.3 is 6.09 Å². The topological polar surface area (TPSA) is 88.2 Å². The Kier molecular flexibility index (Phi) is 7.45. The van der Waals surface area contributed by atoms with Gasteiger partial charge in [0.25, 0.3) is 5.91 Å². The molecule has 1 N–H and O–H groups in total. The zero-order valence-corrected chi connectivity index (χ0v) is 16.1. The maximum Gasteiger partial charge on any atom is 0.409 e. The molecule has 0 aromatic heterocycles. The molecule has 0 bridgehead atoms. The molecule has 1 aliphatic heterocycles. The van der Waals surface area contributed by atoms with Crippen LogP contribution >= 0.6 is 0 Å². The average molecular weight is 377 g/mol. The predicted octanol–water partition coefficient (Wildman–Crippen LogP) is 1.18. The molecular formula is C19H27N3O5. The first kappa shape index (κ1) is 20.5. The van der Waals surface area contributed by atoms with Gasteiger partial charge in [0.2, 0.25) is 5.91 Å². The van der Waals surface area contributed by atoms with Crippen molar-refractivity contribution in [2.75, 3.05) is 39.4 Å². The fourth-order valence-electron chi connectivity index (χ4n) is 2.73. The van der Waals surface area contributed by atoms with Gasteiger partial charge in [-0.25, -0.2) is 4.79 Å². The van der Waals surface area contributed by atoms with Gasteiger partial charge in [-0.05, 0) is 32.9 Å². The van der Waals surface area contributed by atoms with E-state index in [2.05, 4.69) is 5.32 Å². The Morgan fingerprint density at radius 1 is 1.07 bits per heavy atom. The largest absolute Gasteiger partial charge is 0.484 e. The van der Waals surface area contributed by atoms with Gasteiger partial charge in [0.1, 0.15) is 11.8 Å². The fraction of sp³-hybridized carbons (Fsp3) is 0.526. The van der Waals surface area contributed by atoms with Crippen molar-refractivity contribution in [1.29, 1.82) is 0 Å². The zero-order valence-electron chi connectivity index (χ0n) is 16.1. The molecule has 8 nitrogen and oxygen atoms in total. The van der Waals surface area contributed by atoms with Crippen molar-refractivity contribution in [3.63, 3.8) is 0 Å². The van der Waals surface area contributed by atoms with Gasteiger partial charge in [-0.2, -0.15) is 0 Å². The monoisotopic (exact) mass is 377 g/mol. The van der Waals surface area contributed by atoms with E-state index < -0.39 is 6.04 Å². The second-order valence-corrected chi connectivity index (χ2v) is 6.40. The number of carbonyl (C=O) groups excluding carboxylic acids is 3. The number of nitrogens with one attached hydrogen (secondary N) is 1. The van der Waals surface area contributed by atoms with E-state index in [0.717, 1.165) is 5.56 Å². The van der Waals surface area contributed by atoms with Crippen LogP contribution in [0.2, 0.25) is 0 Å². The maximum absolute atomic E-state index is 12.5. The summed E-state index contributed by atoms with van der Waals surface area (Å²) in [5.41, 5.74) is 1.11. The van der Waals surface area contributed by atoms with Crippen molar-refractivity contribution >= 4 is 17.9 Å². The Bertz CT molecular complexity index is 654. The van der Waals surface area contributed by atoms with Gasteiger partial charge in [0.05, 0.1) is 6.61 Å². The van der Waals surface area contributed by atoms with Crippen molar-refractivity contribution in [1.82, 2.24) is 15.1 Å². The van der Waals surface area contributed by atoms with E-state index in [1.54, 1.807) is 35.8 Å². The van der Waals surface area contributed by atoms with Crippen LogP contribution in [0, 0.1) is 6.92 Å². The van der Waals surface area contributed by atoms with E-state index in [-0.39, 0.29) is 24.5 Å². The van der Waals surface area contributed by atoms with Crippen molar-refractivity contribution in [2.45, 2.75) is 26.8 Å². The third kappa shape index (κ3) is 6.16. The van der Waals surface area contributed by atoms with Gasteiger partial charge in [-0.15, -0.1) is 0 Å². The normalized spacial score (nSPS) is 15.1. The Morgan fingerprint density at radius 3 is 2.26 bits per heavy atom. The number of piperazine rings is 1. The predicted molar refractivity (Wildman–Crippen MR) is 99.5 cm³/mol. The minimum Gasteiger partial charge on any atom is -0.484 e. The molecule has 0 saturated carbocycles. The van der Waals surface area contributed by atoms with Crippen LogP contribution in [0.25, 0.3) is 0 Å². The van der Waals surface area contributed by atoms with Crippen LogP contribution in [0.5, 0.6) is 5.75 Å². The first-order valence-corrected chi connectivity index (χ1v) is 9.10. The molecular weight excluding hydrogens is 350 g/mol. The summed E-state index contributed by atoms with van der Waals surface area (Å²) in [5, 5.41) is 2.65. The molecule has 2 rings (SSSR count). The van der Waals surface area contributed by atoms with E-state index in [9.17, 15) is 14.4 Å². The van der Waals surface area contributed by atoms with E-state index in [0.29, 0.717) is 38.5 Å². The number of ether oxygens (including phenoxy) is 2. The lowest BCUT2D eigenvalue weighted by molar-refractivity contribution is -0.137. The number of amides is 3. The van der Waals surface area contributed by atoms with Gasteiger partial charge < -0.3 is 24.6 Å². The summed E-state index contributed by atoms with van der Waals surface area (Å²) in [6, 6.07) is 6.72. The molecule has 1 aromatic rings. The summed E-state index contributed by atoms with van der Waals surface area (Å²) < 4.78 is 10.4. The molecule has 1 heterocycles. The molecule has 0 aliphatic carbocycles. The van der Waals surface area contributed by atoms with Crippen molar-refractivity contribution in [3.05, 3.63) is 29.8 Å². The quantitative estimate of drug-likeness (QED) is 0.804. The minimum absolute atomic E-state index is 0.155. The van der Waals surface area contributed by atoms with Crippen molar-refractivity contribution < 1.29 is 23.9 Å². The summed E-state index contributed by atoms with van der Waals surface area (Å²) in [5.74, 6) is 0.0635. The first-order valence-electron chi connectivity index (χ1n) is 9.10. The Labute approximate surface area is 159 Å². The Hall–Kier alpha value is -2.77. The smallest absolute Gasteiger partial charge is 0.409 e. The Balaban J connectivity index is 1.74. The van der Waals surface area contributed by atoms with E-state index in [1.807, 2.05) is 19.1 Å². The molecule has 0 unspecified atom stereocenters. The second kappa shape index (κ2) is 9.80. The maximum atomic E-state index is 12.5. The summed E-state index contributed by atoms with van der Waals surface area (Å²) in [4.78, 5) is 39.4. The lowest BCUT2D eigenvalue weighted by atomic mass is 10.2. The molecule has 0 radical (unpaired) electrons. The van der Waals surface area contributed by atoms with Crippen LogP contribution in [0.4, 0.5) is 4.79 Å². The number of benzene rings is 1. The lowest BCUT2D eigenvalue weighted by Crippen LogP contribution is -2.55. The van der Waals surface area contributed by atoms with Gasteiger partial charge in [-0.1, -0.05) is 17.7 Å². The number of hydrogen-bond acceptors (Lipinski definition) is 5. The number of hydrogen-bond donors (Lipinski definition) is 1. The van der Waals surface area contributed by atoms with Crippen LogP contribution in [0.15, 0.2) is 24.3 Å². The van der Waals surface area contributed by atoms with E-state index in [4.69, 9.17) is 9.47 Å².